The Morgan fingerprint density at radius 2 is 1.87 bits per heavy atom. The van der Waals surface area contributed by atoms with Crippen molar-refractivity contribution in [1.82, 2.24) is 9.88 Å². The van der Waals surface area contributed by atoms with E-state index in [9.17, 15) is 13.2 Å². The zero-order valence-corrected chi connectivity index (χ0v) is 12.8. The Balaban J connectivity index is 1.98. The molecule has 0 bridgehead atoms. The molecular weight excluding hydrogens is 329 g/mol. The van der Waals surface area contributed by atoms with E-state index in [1.165, 1.54) is 10.6 Å². The van der Waals surface area contributed by atoms with E-state index >= 15 is 0 Å². The highest BCUT2D eigenvalue weighted by Crippen LogP contribution is 2.47. The molecule has 1 N–H and O–H groups in total. The van der Waals surface area contributed by atoms with Crippen LogP contribution in [0.3, 0.4) is 0 Å². The van der Waals surface area contributed by atoms with Crippen molar-refractivity contribution in [2.45, 2.75) is 24.6 Å². The average molecular weight is 343 g/mol. The van der Waals surface area contributed by atoms with E-state index in [2.05, 4.69) is 5.32 Å². The summed E-state index contributed by atoms with van der Waals surface area (Å²) in [5, 5.41) is 3.66. The van der Waals surface area contributed by atoms with E-state index in [-0.39, 0.29) is 0 Å². The van der Waals surface area contributed by atoms with E-state index in [0.29, 0.717) is 48.1 Å². The molecule has 2 aliphatic rings. The van der Waals surface area contributed by atoms with Crippen molar-refractivity contribution < 1.29 is 17.9 Å². The molecule has 2 aromatic rings. The number of halogens is 4. The molecule has 3 nitrogen and oxygen atoms in total. The summed E-state index contributed by atoms with van der Waals surface area (Å²) in [7, 11) is 0. The second-order valence-electron chi connectivity index (χ2n) is 5.90. The standard InChI is InChI=1S/C16H14ClF3N2O/c17-10-1-2-11-12(9-10)23-15(5-7-21-8-6-15)13-3-4-14(22(11)13)16(18,19)20/h1-4,9,21H,5-8H2. The van der Waals surface area contributed by atoms with Gasteiger partial charge < -0.3 is 14.6 Å². The Labute approximate surface area is 136 Å². The summed E-state index contributed by atoms with van der Waals surface area (Å²) < 4.78 is 47.8. The van der Waals surface area contributed by atoms with Crippen LogP contribution in [0, 0.1) is 0 Å². The number of alkyl halides is 3. The number of piperidine rings is 1. The van der Waals surface area contributed by atoms with Gasteiger partial charge in [0.25, 0.3) is 0 Å². The maximum absolute atomic E-state index is 13.4. The Morgan fingerprint density at radius 1 is 1.13 bits per heavy atom. The predicted molar refractivity (Wildman–Crippen MR) is 80.2 cm³/mol. The van der Waals surface area contributed by atoms with Gasteiger partial charge in [-0.15, -0.1) is 0 Å². The first-order valence-corrected chi connectivity index (χ1v) is 7.78. The molecule has 0 unspecified atom stereocenters. The monoisotopic (exact) mass is 342 g/mol. The second kappa shape index (κ2) is 4.92. The molecule has 7 heteroatoms. The minimum atomic E-state index is -4.43. The van der Waals surface area contributed by atoms with Crippen LogP contribution in [0.15, 0.2) is 30.3 Å². The summed E-state index contributed by atoms with van der Waals surface area (Å²) in [4.78, 5) is 0. The zero-order chi connectivity index (χ0) is 16.2. The lowest BCUT2D eigenvalue weighted by molar-refractivity contribution is -0.143. The predicted octanol–water partition coefficient (Wildman–Crippen LogP) is 4.12. The van der Waals surface area contributed by atoms with Crippen molar-refractivity contribution >= 4 is 11.6 Å². The van der Waals surface area contributed by atoms with Crippen LogP contribution in [0.5, 0.6) is 5.75 Å². The van der Waals surface area contributed by atoms with Gasteiger partial charge in [0.15, 0.2) is 5.60 Å². The number of benzene rings is 1. The summed E-state index contributed by atoms with van der Waals surface area (Å²) in [6, 6.07) is 7.40. The topological polar surface area (TPSA) is 26.2 Å². The number of hydrogen-bond acceptors (Lipinski definition) is 2. The molecule has 122 valence electrons. The molecule has 23 heavy (non-hydrogen) atoms. The minimum absolute atomic E-state index is 0.380. The first kappa shape index (κ1) is 14.9. The van der Waals surface area contributed by atoms with E-state index in [0.717, 1.165) is 6.07 Å². The van der Waals surface area contributed by atoms with E-state index < -0.39 is 17.5 Å². The highest BCUT2D eigenvalue weighted by molar-refractivity contribution is 6.30. The molecule has 0 aliphatic carbocycles. The van der Waals surface area contributed by atoms with Crippen LogP contribution >= 0.6 is 11.6 Å². The smallest absolute Gasteiger partial charge is 0.431 e. The van der Waals surface area contributed by atoms with Crippen molar-refractivity contribution in [3.05, 3.63) is 46.7 Å². The van der Waals surface area contributed by atoms with Gasteiger partial charge in [0, 0.05) is 23.9 Å². The first-order chi connectivity index (χ1) is 10.9. The molecular formula is C16H14ClF3N2O. The fourth-order valence-corrected chi connectivity index (χ4v) is 3.64. The van der Waals surface area contributed by atoms with Gasteiger partial charge in [-0.3, -0.25) is 0 Å². The van der Waals surface area contributed by atoms with Gasteiger partial charge >= 0.3 is 6.18 Å². The molecule has 4 rings (SSSR count). The minimum Gasteiger partial charge on any atom is -0.479 e. The molecule has 0 radical (unpaired) electrons. The molecule has 0 atom stereocenters. The molecule has 0 amide bonds. The van der Waals surface area contributed by atoms with Crippen LogP contribution in [0.25, 0.3) is 5.69 Å². The van der Waals surface area contributed by atoms with Gasteiger partial charge in [-0.2, -0.15) is 13.2 Å². The summed E-state index contributed by atoms with van der Waals surface area (Å²) in [6.07, 6.45) is -3.21. The third kappa shape index (κ3) is 2.23. The zero-order valence-electron chi connectivity index (χ0n) is 12.1. The fourth-order valence-electron chi connectivity index (χ4n) is 3.48. The molecule has 2 aliphatic heterocycles. The Hall–Kier alpha value is -1.66. The summed E-state index contributed by atoms with van der Waals surface area (Å²) in [5.74, 6) is 0.397. The number of fused-ring (bicyclic) bond motifs is 4. The molecule has 1 aromatic carbocycles. The highest BCUT2D eigenvalue weighted by Gasteiger charge is 2.46. The number of nitrogens with zero attached hydrogens (tertiary/aromatic N) is 1. The Bertz CT molecular complexity index is 763. The third-order valence-electron chi connectivity index (χ3n) is 4.52. The van der Waals surface area contributed by atoms with Gasteiger partial charge in [0.1, 0.15) is 11.4 Å². The highest BCUT2D eigenvalue weighted by atomic mass is 35.5. The quantitative estimate of drug-likeness (QED) is 0.779. The lowest BCUT2D eigenvalue weighted by Crippen LogP contribution is -2.47. The van der Waals surface area contributed by atoms with Crippen molar-refractivity contribution in [3.8, 4) is 11.4 Å². The van der Waals surface area contributed by atoms with Crippen LogP contribution in [0.2, 0.25) is 5.02 Å². The van der Waals surface area contributed by atoms with Crippen LogP contribution in [-0.2, 0) is 11.8 Å². The third-order valence-corrected chi connectivity index (χ3v) is 4.75. The number of hydrogen-bond donors (Lipinski definition) is 1. The number of rotatable bonds is 0. The summed E-state index contributed by atoms with van der Waals surface area (Å²) in [6.45, 7) is 1.39. The molecule has 1 aromatic heterocycles. The lowest BCUT2D eigenvalue weighted by Gasteiger charge is -2.42. The van der Waals surface area contributed by atoms with Gasteiger partial charge in [-0.05, 0) is 37.4 Å². The second-order valence-corrected chi connectivity index (χ2v) is 6.33. The van der Waals surface area contributed by atoms with Crippen molar-refractivity contribution in [1.29, 1.82) is 0 Å². The molecule has 1 fully saturated rings. The van der Waals surface area contributed by atoms with Crippen LogP contribution in [0.1, 0.15) is 24.2 Å². The number of aromatic nitrogens is 1. The van der Waals surface area contributed by atoms with Crippen molar-refractivity contribution in [2.75, 3.05) is 13.1 Å². The van der Waals surface area contributed by atoms with Gasteiger partial charge in [0.2, 0.25) is 0 Å². The largest absolute Gasteiger partial charge is 0.479 e. The van der Waals surface area contributed by atoms with E-state index in [1.807, 2.05) is 0 Å². The maximum atomic E-state index is 13.4. The van der Waals surface area contributed by atoms with E-state index in [1.54, 1.807) is 18.2 Å². The molecule has 3 heterocycles. The van der Waals surface area contributed by atoms with Gasteiger partial charge in [0.05, 0.1) is 11.4 Å². The van der Waals surface area contributed by atoms with Crippen molar-refractivity contribution in [2.24, 2.45) is 0 Å². The lowest BCUT2D eigenvalue weighted by atomic mass is 9.87. The maximum Gasteiger partial charge on any atom is 0.431 e. The Kier molecular flexibility index (Phi) is 3.19. The summed E-state index contributed by atoms with van der Waals surface area (Å²) in [5.41, 5.74) is -0.490. The normalized spacial score (nSPS) is 19.1. The average Bonchev–Trinajstić information content (AvgIpc) is 2.94. The SMILES string of the molecule is FC(F)(F)c1ccc2n1-c1ccc(Cl)cc1OC21CCNCC1. The molecule has 0 saturated carbocycles. The first-order valence-electron chi connectivity index (χ1n) is 7.40. The summed E-state index contributed by atoms with van der Waals surface area (Å²) >= 11 is 6.01. The Morgan fingerprint density at radius 3 is 2.57 bits per heavy atom. The number of ether oxygens (including phenoxy) is 1. The molecule has 1 saturated heterocycles. The van der Waals surface area contributed by atoms with Gasteiger partial charge in [-0.25, -0.2) is 0 Å². The van der Waals surface area contributed by atoms with Crippen LogP contribution in [-0.4, -0.2) is 17.7 Å². The number of nitrogens with one attached hydrogen (secondary N) is 1. The van der Waals surface area contributed by atoms with Gasteiger partial charge in [-0.1, -0.05) is 11.6 Å². The van der Waals surface area contributed by atoms with Crippen LogP contribution in [0.4, 0.5) is 13.2 Å². The fraction of sp³-hybridized carbons (Fsp3) is 0.375. The van der Waals surface area contributed by atoms with E-state index in [4.69, 9.17) is 16.3 Å². The molecule has 1 spiro atoms. The van der Waals surface area contributed by atoms with Crippen LogP contribution < -0.4 is 10.1 Å². The van der Waals surface area contributed by atoms with Crippen molar-refractivity contribution in [3.63, 3.8) is 0 Å².